The molecule has 0 saturated carbocycles. The smallest absolute Gasteiger partial charge is 0.224 e. The van der Waals surface area contributed by atoms with E-state index < -0.39 is 0 Å². The molecule has 5 nitrogen and oxygen atoms in total. The first kappa shape index (κ1) is 16.0. The average molecular weight is 349 g/mol. The van der Waals surface area contributed by atoms with Gasteiger partial charge in [-0.15, -0.1) is 0 Å². The zero-order valence-electron chi connectivity index (χ0n) is 13.2. The van der Waals surface area contributed by atoms with Gasteiger partial charge < -0.3 is 5.32 Å². The van der Waals surface area contributed by atoms with Crippen LogP contribution in [-0.4, -0.2) is 20.7 Å². The van der Waals surface area contributed by atoms with Gasteiger partial charge in [-0.3, -0.25) is 4.79 Å². The zero-order valence-corrected chi connectivity index (χ0v) is 14.8. The van der Waals surface area contributed by atoms with Crippen molar-refractivity contribution in [1.82, 2.24) is 14.8 Å². The molecule has 0 aliphatic heterocycles. The van der Waals surface area contributed by atoms with E-state index >= 15 is 0 Å². The number of fused-ring (bicyclic) bond motifs is 1. The van der Waals surface area contributed by atoms with Crippen molar-refractivity contribution in [3.05, 3.63) is 34.6 Å². The molecule has 23 heavy (non-hydrogen) atoms. The minimum atomic E-state index is -0.00260. The largest absolute Gasteiger partial charge is 0.325 e. The van der Waals surface area contributed by atoms with Crippen LogP contribution in [0.25, 0.3) is 15.3 Å². The second-order valence-corrected chi connectivity index (χ2v) is 6.79. The molecule has 1 aromatic carbocycles. The summed E-state index contributed by atoms with van der Waals surface area (Å²) in [5.41, 5.74) is 3.38. The molecule has 3 rings (SSSR count). The van der Waals surface area contributed by atoms with Gasteiger partial charge in [-0.1, -0.05) is 29.9 Å². The molecule has 0 atom stereocenters. The van der Waals surface area contributed by atoms with Crippen LogP contribution in [0.2, 0.25) is 5.02 Å². The van der Waals surface area contributed by atoms with Gasteiger partial charge >= 0.3 is 0 Å². The van der Waals surface area contributed by atoms with E-state index in [1.54, 1.807) is 10.7 Å². The van der Waals surface area contributed by atoms with Gasteiger partial charge in [-0.25, -0.2) is 9.67 Å². The molecule has 1 amide bonds. The van der Waals surface area contributed by atoms with Crippen LogP contribution in [0.5, 0.6) is 0 Å². The third kappa shape index (κ3) is 3.09. The van der Waals surface area contributed by atoms with E-state index in [-0.39, 0.29) is 5.91 Å². The molecule has 0 aliphatic carbocycles. The number of hydrogen-bond donors (Lipinski definition) is 1. The first-order valence-electron chi connectivity index (χ1n) is 7.42. The van der Waals surface area contributed by atoms with E-state index in [4.69, 9.17) is 11.6 Å². The highest BCUT2D eigenvalue weighted by Gasteiger charge is 2.15. The number of aromatic nitrogens is 3. The third-order valence-electron chi connectivity index (χ3n) is 3.42. The summed E-state index contributed by atoms with van der Waals surface area (Å²) in [6.07, 6.45) is 1.30. The summed E-state index contributed by atoms with van der Waals surface area (Å²) in [6, 6.07) is 5.58. The second kappa shape index (κ2) is 6.29. The van der Waals surface area contributed by atoms with E-state index in [1.807, 2.05) is 32.9 Å². The number of rotatable bonds is 4. The van der Waals surface area contributed by atoms with Crippen LogP contribution in [0.1, 0.15) is 31.2 Å². The third-order valence-corrected chi connectivity index (χ3v) is 4.79. The monoisotopic (exact) mass is 348 g/mol. The fraction of sp³-hybridized carbons (Fsp3) is 0.312. The number of nitrogens with zero attached hydrogens (tertiary/aromatic N) is 3. The zero-order chi connectivity index (χ0) is 16.6. The van der Waals surface area contributed by atoms with E-state index in [9.17, 15) is 4.79 Å². The molecule has 2 aromatic heterocycles. The second-order valence-electron chi connectivity index (χ2n) is 5.41. The Balaban J connectivity index is 2.09. The number of thiazole rings is 1. The van der Waals surface area contributed by atoms with Gasteiger partial charge in [0.1, 0.15) is 5.52 Å². The van der Waals surface area contributed by atoms with E-state index in [0.717, 1.165) is 33.3 Å². The Kier molecular flexibility index (Phi) is 4.37. The Labute approximate surface area is 143 Å². The van der Waals surface area contributed by atoms with E-state index in [1.165, 1.54) is 11.3 Å². The van der Waals surface area contributed by atoms with Crippen molar-refractivity contribution in [1.29, 1.82) is 0 Å². The van der Waals surface area contributed by atoms with Crippen LogP contribution in [0, 0.1) is 13.8 Å². The highest BCUT2D eigenvalue weighted by atomic mass is 35.5. The molecular formula is C16H17ClN4OS. The summed E-state index contributed by atoms with van der Waals surface area (Å²) >= 11 is 7.74. The molecule has 7 heteroatoms. The lowest BCUT2D eigenvalue weighted by atomic mass is 10.2. The SMILES string of the molecule is CCCC(=O)Nc1ccc(Cl)c2nc(-n3nc(C)cc3C)sc12. The Hall–Kier alpha value is -1.92. The number of carbonyl (C=O) groups is 1. The first-order chi connectivity index (χ1) is 11.0. The van der Waals surface area contributed by atoms with Gasteiger partial charge in [0.2, 0.25) is 11.0 Å². The highest BCUT2D eigenvalue weighted by Crippen LogP contribution is 2.36. The molecular weight excluding hydrogens is 332 g/mol. The van der Waals surface area contributed by atoms with Gasteiger partial charge in [-0.2, -0.15) is 5.10 Å². The molecule has 0 fully saturated rings. The first-order valence-corrected chi connectivity index (χ1v) is 8.61. The maximum absolute atomic E-state index is 11.9. The van der Waals surface area contributed by atoms with Crippen molar-refractivity contribution >= 4 is 44.7 Å². The van der Waals surface area contributed by atoms with Gasteiger partial charge in [0.25, 0.3) is 0 Å². The number of amides is 1. The Morgan fingerprint density at radius 3 is 2.83 bits per heavy atom. The van der Waals surface area contributed by atoms with Gasteiger partial charge in [0, 0.05) is 12.1 Å². The number of halogens is 1. The lowest BCUT2D eigenvalue weighted by Gasteiger charge is -2.05. The number of anilines is 1. The van der Waals surface area contributed by atoms with Crippen molar-refractivity contribution in [2.24, 2.45) is 0 Å². The summed E-state index contributed by atoms with van der Waals surface area (Å²) in [5.74, 6) is -0.00260. The summed E-state index contributed by atoms with van der Waals surface area (Å²) in [4.78, 5) is 16.5. The normalized spacial score (nSPS) is 11.1. The maximum Gasteiger partial charge on any atom is 0.224 e. The van der Waals surface area contributed by atoms with Crippen LogP contribution in [-0.2, 0) is 4.79 Å². The molecule has 3 aromatic rings. The van der Waals surface area contributed by atoms with Crippen molar-refractivity contribution in [3.8, 4) is 5.13 Å². The molecule has 1 N–H and O–H groups in total. The predicted octanol–water partition coefficient (Wildman–Crippen LogP) is 4.49. The fourth-order valence-electron chi connectivity index (χ4n) is 2.42. The molecule has 0 bridgehead atoms. The van der Waals surface area contributed by atoms with Crippen LogP contribution in [0.4, 0.5) is 5.69 Å². The molecule has 2 heterocycles. The summed E-state index contributed by atoms with van der Waals surface area (Å²) < 4.78 is 2.66. The molecule has 120 valence electrons. The summed E-state index contributed by atoms with van der Waals surface area (Å²) in [7, 11) is 0. The molecule has 0 radical (unpaired) electrons. The van der Waals surface area contributed by atoms with Gasteiger partial charge in [-0.05, 0) is 38.5 Å². The minimum absolute atomic E-state index is 0.00260. The van der Waals surface area contributed by atoms with Crippen LogP contribution < -0.4 is 5.32 Å². The molecule has 0 saturated heterocycles. The number of benzene rings is 1. The Morgan fingerprint density at radius 2 is 2.17 bits per heavy atom. The number of aryl methyl sites for hydroxylation is 2. The number of hydrogen-bond acceptors (Lipinski definition) is 4. The van der Waals surface area contributed by atoms with Crippen molar-refractivity contribution in [3.63, 3.8) is 0 Å². The molecule has 0 unspecified atom stereocenters. The average Bonchev–Trinajstić information content (AvgIpc) is 3.06. The number of nitrogens with one attached hydrogen (secondary N) is 1. The highest BCUT2D eigenvalue weighted by molar-refractivity contribution is 7.21. The van der Waals surface area contributed by atoms with Crippen molar-refractivity contribution < 1.29 is 4.79 Å². The number of carbonyl (C=O) groups excluding carboxylic acids is 1. The van der Waals surface area contributed by atoms with Crippen molar-refractivity contribution in [2.45, 2.75) is 33.6 Å². The minimum Gasteiger partial charge on any atom is -0.325 e. The quantitative estimate of drug-likeness (QED) is 0.755. The topological polar surface area (TPSA) is 59.8 Å². The Bertz CT molecular complexity index is 884. The van der Waals surface area contributed by atoms with E-state index in [2.05, 4.69) is 15.4 Å². The van der Waals surface area contributed by atoms with Crippen molar-refractivity contribution in [2.75, 3.05) is 5.32 Å². The van der Waals surface area contributed by atoms with Crippen LogP contribution in [0.3, 0.4) is 0 Å². The lowest BCUT2D eigenvalue weighted by Crippen LogP contribution is -2.10. The van der Waals surface area contributed by atoms with Crippen LogP contribution in [0.15, 0.2) is 18.2 Å². The fourth-order valence-corrected chi connectivity index (χ4v) is 3.74. The Morgan fingerprint density at radius 1 is 1.39 bits per heavy atom. The summed E-state index contributed by atoms with van der Waals surface area (Å²) in [6.45, 7) is 5.91. The standard InChI is InChI=1S/C16H17ClN4OS/c1-4-5-13(22)18-12-7-6-11(17)14-15(12)23-16(19-14)21-10(3)8-9(2)20-21/h6-8H,4-5H2,1-3H3,(H,18,22). The molecule has 0 spiro atoms. The lowest BCUT2D eigenvalue weighted by molar-refractivity contribution is -0.116. The maximum atomic E-state index is 11.9. The van der Waals surface area contributed by atoms with Crippen LogP contribution >= 0.6 is 22.9 Å². The predicted molar refractivity (Wildman–Crippen MR) is 94.8 cm³/mol. The van der Waals surface area contributed by atoms with Gasteiger partial charge in [0.15, 0.2) is 0 Å². The molecule has 0 aliphatic rings. The summed E-state index contributed by atoms with van der Waals surface area (Å²) in [5, 5.41) is 8.71. The van der Waals surface area contributed by atoms with Gasteiger partial charge in [0.05, 0.1) is 21.1 Å². The van der Waals surface area contributed by atoms with E-state index in [0.29, 0.717) is 17.0 Å².